The summed E-state index contributed by atoms with van der Waals surface area (Å²) in [6, 6.07) is 14.8. The van der Waals surface area contributed by atoms with Crippen LogP contribution in [0.5, 0.6) is 0 Å². The van der Waals surface area contributed by atoms with Crippen molar-refractivity contribution in [2.75, 3.05) is 11.9 Å². The van der Waals surface area contributed by atoms with Crippen LogP contribution in [0.2, 0.25) is 0 Å². The predicted molar refractivity (Wildman–Crippen MR) is 111 cm³/mol. The van der Waals surface area contributed by atoms with E-state index in [1.54, 1.807) is 18.2 Å². The van der Waals surface area contributed by atoms with E-state index in [0.717, 1.165) is 16.7 Å². The summed E-state index contributed by atoms with van der Waals surface area (Å²) in [6.07, 6.45) is 2.02. The SMILES string of the molecule is Cc1cccc(NC(=O)c2cc(C(=O)NCCc3ccc(F)cc3)ccn2)c1C. The maximum Gasteiger partial charge on any atom is 0.274 e. The molecule has 3 rings (SSSR count). The molecule has 1 aromatic heterocycles. The van der Waals surface area contributed by atoms with Gasteiger partial charge in [0.1, 0.15) is 11.5 Å². The van der Waals surface area contributed by atoms with Crippen LogP contribution in [0.15, 0.2) is 60.8 Å². The van der Waals surface area contributed by atoms with Crippen LogP contribution in [0.4, 0.5) is 10.1 Å². The average molecular weight is 391 g/mol. The Balaban J connectivity index is 1.62. The minimum Gasteiger partial charge on any atom is -0.352 e. The zero-order valence-corrected chi connectivity index (χ0v) is 16.3. The van der Waals surface area contributed by atoms with E-state index in [4.69, 9.17) is 0 Å². The Hall–Kier alpha value is -3.54. The first-order chi connectivity index (χ1) is 13.9. The van der Waals surface area contributed by atoms with Gasteiger partial charge >= 0.3 is 0 Å². The van der Waals surface area contributed by atoms with Gasteiger partial charge in [-0.2, -0.15) is 0 Å². The smallest absolute Gasteiger partial charge is 0.274 e. The topological polar surface area (TPSA) is 71.1 Å². The van der Waals surface area contributed by atoms with Gasteiger partial charge in [-0.05, 0) is 67.3 Å². The van der Waals surface area contributed by atoms with Crippen molar-refractivity contribution in [1.82, 2.24) is 10.3 Å². The summed E-state index contributed by atoms with van der Waals surface area (Å²) in [5.74, 6) is -0.962. The monoisotopic (exact) mass is 391 g/mol. The molecule has 0 atom stereocenters. The lowest BCUT2D eigenvalue weighted by molar-refractivity contribution is 0.0954. The third-order valence-corrected chi connectivity index (χ3v) is 4.72. The fourth-order valence-corrected chi connectivity index (χ4v) is 2.84. The first-order valence-corrected chi connectivity index (χ1v) is 9.30. The lowest BCUT2D eigenvalue weighted by Crippen LogP contribution is -2.26. The number of hydrogen-bond acceptors (Lipinski definition) is 3. The number of pyridine rings is 1. The zero-order valence-electron chi connectivity index (χ0n) is 16.3. The number of aromatic nitrogens is 1. The molecule has 2 N–H and O–H groups in total. The first-order valence-electron chi connectivity index (χ1n) is 9.30. The largest absolute Gasteiger partial charge is 0.352 e. The number of carbonyl (C=O) groups is 2. The molecule has 0 bridgehead atoms. The molecule has 148 valence electrons. The highest BCUT2D eigenvalue weighted by Crippen LogP contribution is 2.18. The Bertz CT molecular complexity index is 1030. The van der Waals surface area contributed by atoms with E-state index in [0.29, 0.717) is 24.2 Å². The van der Waals surface area contributed by atoms with Gasteiger partial charge in [0.2, 0.25) is 0 Å². The van der Waals surface area contributed by atoms with Crippen molar-refractivity contribution in [3.8, 4) is 0 Å². The second-order valence-electron chi connectivity index (χ2n) is 6.76. The highest BCUT2D eigenvalue weighted by molar-refractivity contribution is 6.05. The lowest BCUT2D eigenvalue weighted by atomic mass is 10.1. The van der Waals surface area contributed by atoms with E-state index in [1.807, 2.05) is 32.0 Å². The minimum absolute atomic E-state index is 0.164. The normalized spacial score (nSPS) is 10.4. The summed E-state index contributed by atoms with van der Waals surface area (Å²) >= 11 is 0. The number of nitrogens with zero attached hydrogens (tertiary/aromatic N) is 1. The molecule has 0 radical (unpaired) electrons. The Labute approximate surface area is 169 Å². The van der Waals surface area contributed by atoms with Gasteiger partial charge in [0, 0.05) is 24.0 Å². The van der Waals surface area contributed by atoms with Gasteiger partial charge in [-0.15, -0.1) is 0 Å². The summed E-state index contributed by atoms with van der Waals surface area (Å²) in [5.41, 5.74) is 4.21. The van der Waals surface area contributed by atoms with Crippen LogP contribution in [0.3, 0.4) is 0 Å². The Kier molecular flexibility index (Phi) is 6.34. The summed E-state index contributed by atoms with van der Waals surface area (Å²) in [7, 11) is 0. The molecule has 3 aromatic rings. The van der Waals surface area contributed by atoms with Crippen molar-refractivity contribution in [2.45, 2.75) is 20.3 Å². The third-order valence-electron chi connectivity index (χ3n) is 4.72. The highest BCUT2D eigenvalue weighted by atomic mass is 19.1. The van der Waals surface area contributed by atoms with Crippen LogP contribution in [-0.2, 0) is 6.42 Å². The number of amides is 2. The molecule has 6 heteroatoms. The summed E-state index contributed by atoms with van der Waals surface area (Å²) < 4.78 is 12.9. The van der Waals surface area contributed by atoms with Crippen molar-refractivity contribution >= 4 is 17.5 Å². The molecule has 0 fully saturated rings. The number of benzene rings is 2. The maximum atomic E-state index is 12.9. The van der Waals surface area contributed by atoms with Crippen molar-refractivity contribution in [3.63, 3.8) is 0 Å². The molecule has 0 aliphatic rings. The predicted octanol–water partition coefficient (Wildman–Crippen LogP) is 4.06. The van der Waals surface area contributed by atoms with Crippen molar-refractivity contribution in [2.24, 2.45) is 0 Å². The van der Waals surface area contributed by atoms with Crippen LogP contribution in [-0.4, -0.2) is 23.3 Å². The molecular weight excluding hydrogens is 369 g/mol. The summed E-state index contributed by atoms with van der Waals surface area (Å²) in [4.78, 5) is 29.0. The van der Waals surface area contributed by atoms with E-state index >= 15 is 0 Å². The summed E-state index contributed by atoms with van der Waals surface area (Å²) in [5, 5.41) is 5.64. The Morgan fingerprint density at radius 2 is 1.76 bits per heavy atom. The molecule has 2 amide bonds. The molecule has 0 aliphatic heterocycles. The standard InChI is InChI=1S/C23H22FN3O2/c1-15-4-3-5-20(16(15)2)27-23(29)21-14-18(11-13-25-21)22(28)26-12-10-17-6-8-19(24)9-7-17/h3-9,11,13-14H,10,12H2,1-2H3,(H,26,28)(H,27,29). The van der Waals surface area contributed by atoms with Gasteiger partial charge in [-0.25, -0.2) is 4.39 Å². The van der Waals surface area contributed by atoms with Crippen LogP contribution in [0.1, 0.15) is 37.5 Å². The van der Waals surface area contributed by atoms with E-state index in [9.17, 15) is 14.0 Å². The van der Waals surface area contributed by atoms with Crippen molar-refractivity contribution in [3.05, 3.63) is 94.6 Å². The number of aryl methyl sites for hydroxylation is 1. The third kappa shape index (κ3) is 5.25. The molecular formula is C23H22FN3O2. The molecule has 0 unspecified atom stereocenters. The molecule has 2 aromatic carbocycles. The zero-order chi connectivity index (χ0) is 20.8. The van der Waals surface area contributed by atoms with Gasteiger partial charge in [-0.1, -0.05) is 24.3 Å². The number of carbonyl (C=O) groups excluding carboxylic acids is 2. The van der Waals surface area contributed by atoms with Gasteiger partial charge in [-0.3, -0.25) is 14.6 Å². The fraction of sp³-hybridized carbons (Fsp3) is 0.174. The van der Waals surface area contributed by atoms with E-state index in [-0.39, 0.29) is 23.3 Å². The second-order valence-corrected chi connectivity index (χ2v) is 6.76. The van der Waals surface area contributed by atoms with Gasteiger partial charge in [0.25, 0.3) is 11.8 Å². The fourth-order valence-electron chi connectivity index (χ4n) is 2.84. The molecule has 1 heterocycles. The van der Waals surface area contributed by atoms with Gasteiger partial charge in [0.15, 0.2) is 0 Å². The van der Waals surface area contributed by atoms with Crippen LogP contribution >= 0.6 is 0 Å². The quantitative estimate of drug-likeness (QED) is 0.666. The number of nitrogens with one attached hydrogen (secondary N) is 2. The number of rotatable bonds is 6. The number of anilines is 1. The van der Waals surface area contributed by atoms with Crippen LogP contribution < -0.4 is 10.6 Å². The maximum absolute atomic E-state index is 12.9. The van der Waals surface area contributed by atoms with Gasteiger partial charge < -0.3 is 10.6 Å². The van der Waals surface area contributed by atoms with E-state index in [2.05, 4.69) is 15.6 Å². The van der Waals surface area contributed by atoms with Crippen molar-refractivity contribution in [1.29, 1.82) is 0 Å². The molecule has 0 saturated heterocycles. The van der Waals surface area contributed by atoms with Gasteiger partial charge in [0.05, 0.1) is 0 Å². The molecule has 5 nitrogen and oxygen atoms in total. The molecule has 0 spiro atoms. The van der Waals surface area contributed by atoms with E-state index < -0.39 is 0 Å². The number of halogens is 1. The molecule has 0 aliphatic carbocycles. The minimum atomic E-state index is -0.375. The summed E-state index contributed by atoms with van der Waals surface area (Å²) in [6.45, 7) is 4.31. The van der Waals surface area contributed by atoms with Crippen LogP contribution in [0.25, 0.3) is 0 Å². The van der Waals surface area contributed by atoms with Crippen LogP contribution in [0, 0.1) is 19.7 Å². The Morgan fingerprint density at radius 1 is 1.00 bits per heavy atom. The van der Waals surface area contributed by atoms with E-state index in [1.165, 1.54) is 24.4 Å². The Morgan fingerprint density at radius 3 is 2.52 bits per heavy atom. The average Bonchev–Trinajstić information content (AvgIpc) is 2.73. The highest BCUT2D eigenvalue weighted by Gasteiger charge is 2.13. The lowest BCUT2D eigenvalue weighted by Gasteiger charge is -2.10. The van der Waals surface area contributed by atoms with Crippen molar-refractivity contribution < 1.29 is 14.0 Å². The molecule has 29 heavy (non-hydrogen) atoms. The first kappa shape index (κ1) is 20.2. The second kappa shape index (κ2) is 9.10. The molecule has 0 saturated carbocycles. The number of hydrogen-bond donors (Lipinski definition) is 2.